The fourth-order valence-corrected chi connectivity index (χ4v) is 6.28. The molecular weight excluding hydrogens is 452 g/mol. The highest BCUT2D eigenvalue weighted by Crippen LogP contribution is 2.31. The van der Waals surface area contributed by atoms with E-state index in [9.17, 15) is 13.2 Å². The van der Waals surface area contributed by atoms with E-state index in [0.717, 1.165) is 32.4 Å². The number of anilines is 1. The predicted octanol–water partition coefficient (Wildman–Crippen LogP) is 4.72. The van der Waals surface area contributed by atoms with Gasteiger partial charge in [0.05, 0.1) is 10.6 Å². The van der Waals surface area contributed by atoms with E-state index in [1.807, 2.05) is 58.0 Å². The Kier molecular flexibility index (Phi) is 6.51. The Morgan fingerprint density at radius 1 is 1.03 bits per heavy atom. The van der Waals surface area contributed by atoms with E-state index in [1.54, 1.807) is 0 Å². The van der Waals surface area contributed by atoms with Gasteiger partial charge in [0.2, 0.25) is 15.9 Å². The fourth-order valence-electron chi connectivity index (χ4n) is 3.85. The number of piperidine rings is 1. The molecule has 0 atom stereocenters. The van der Waals surface area contributed by atoms with Crippen molar-refractivity contribution in [3.8, 4) is 0 Å². The van der Waals surface area contributed by atoms with E-state index < -0.39 is 10.0 Å². The first-order valence-electron chi connectivity index (χ1n) is 9.76. The van der Waals surface area contributed by atoms with Crippen molar-refractivity contribution in [1.82, 2.24) is 4.31 Å². The number of aryl methyl sites for hydroxylation is 2. The number of nitrogens with zero attached hydrogens (tertiary/aromatic N) is 1. The lowest BCUT2D eigenvalue weighted by atomic mass is 9.97. The van der Waals surface area contributed by atoms with Crippen LogP contribution in [0.15, 0.2) is 39.7 Å². The van der Waals surface area contributed by atoms with Crippen LogP contribution in [-0.4, -0.2) is 31.7 Å². The molecule has 0 radical (unpaired) electrons. The minimum Gasteiger partial charge on any atom is -0.325 e. The number of hydrogen-bond acceptors (Lipinski definition) is 3. The van der Waals surface area contributed by atoms with Crippen LogP contribution in [0.1, 0.15) is 35.1 Å². The van der Waals surface area contributed by atoms with E-state index in [1.165, 1.54) is 4.31 Å². The lowest BCUT2D eigenvalue weighted by Gasteiger charge is -2.32. The lowest BCUT2D eigenvalue weighted by Crippen LogP contribution is -2.41. The zero-order chi connectivity index (χ0) is 21.3. The van der Waals surface area contributed by atoms with Crippen LogP contribution in [0.3, 0.4) is 0 Å². The maximum Gasteiger partial charge on any atom is 0.243 e. The molecule has 0 aromatic heterocycles. The molecule has 1 amide bonds. The molecule has 5 nitrogen and oxygen atoms in total. The van der Waals surface area contributed by atoms with E-state index in [4.69, 9.17) is 0 Å². The number of hydrogen-bond donors (Lipinski definition) is 1. The highest BCUT2D eigenvalue weighted by Gasteiger charge is 2.34. The van der Waals surface area contributed by atoms with E-state index in [0.29, 0.717) is 30.8 Å². The van der Waals surface area contributed by atoms with Crippen LogP contribution in [0, 0.1) is 33.6 Å². The normalized spacial score (nSPS) is 16.0. The van der Waals surface area contributed by atoms with Crippen LogP contribution < -0.4 is 5.32 Å². The molecule has 0 bridgehead atoms. The topological polar surface area (TPSA) is 66.5 Å². The molecule has 2 aromatic rings. The fraction of sp³-hybridized carbons (Fsp3) is 0.409. The van der Waals surface area contributed by atoms with Crippen LogP contribution >= 0.6 is 15.9 Å². The van der Waals surface area contributed by atoms with E-state index >= 15 is 0 Å². The number of sulfonamides is 1. The minimum absolute atomic E-state index is 0.0623. The number of para-hydroxylation sites is 1. The van der Waals surface area contributed by atoms with Crippen molar-refractivity contribution in [3.63, 3.8) is 0 Å². The van der Waals surface area contributed by atoms with Crippen molar-refractivity contribution in [3.05, 3.63) is 57.1 Å². The van der Waals surface area contributed by atoms with Crippen molar-refractivity contribution in [2.24, 2.45) is 5.92 Å². The summed E-state index contributed by atoms with van der Waals surface area (Å²) in [5.74, 6) is -0.261. The number of nitrogens with one attached hydrogen (secondary N) is 1. The van der Waals surface area contributed by atoms with Gasteiger partial charge in [0.15, 0.2) is 0 Å². The first-order valence-corrected chi connectivity index (χ1v) is 12.0. The third kappa shape index (κ3) is 4.42. The summed E-state index contributed by atoms with van der Waals surface area (Å²) in [4.78, 5) is 13.1. The Labute approximate surface area is 181 Å². The van der Waals surface area contributed by atoms with Crippen molar-refractivity contribution in [2.45, 2.75) is 45.4 Å². The van der Waals surface area contributed by atoms with Crippen LogP contribution in [0.2, 0.25) is 0 Å². The summed E-state index contributed by atoms with van der Waals surface area (Å²) in [7, 11) is -3.59. The molecular formula is C22H27BrN2O3S. The second kappa shape index (κ2) is 8.58. The van der Waals surface area contributed by atoms with Gasteiger partial charge in [0, 0.05) is 23.5 Å². The molecule has 29 heavy (non-hydrogen) atoms. The van der Waals surface area contributed by atoms with Gasteiger partial charge in [0.1, 0.15) is 0 Å². The monoisotopic (exact) mass is 478 g/mol. The van der Waals surface area contributed by atoms with Crippen LogP contribution in [-0.2, 0) is 14.8 Å². The zero-order valence-electron chi connectivity index (χ0n) is 17.3. The Bertz CT molecular complexity index is 1020. The van der Waals surface area contributed by atoms with Crippen molar-refractivity contribution >= 4 is 37.5 Å². The quantitative estimate of drug-likeness (QED) is 0.690. The molecule has 0 spiro atoms. The van der Waals surface area contributed by atoms with E-state index in [-0.39, 0.29) is 11.8 Å². The van der Waals surface area contributed by atoms with Crippen LogP contribution in [0.4, 0.5) is 5.69 Å². The Hall–Kier alpha value is -1.70. The molecule has 3 rings (SSSR count). The smallest absolute Gasteiger partial charge is 0.243 e. The molecule has 1 aliphatic rings. The number of carbonyl (C=O) groups excluding carboxylic acids is 1. The lowest BCUT2D eigenvalue weighted by molar-refractivity contribution is -0.120. The third-order valence-corrected chi connectivity index (χ3v) is 8.72. The number of rotatable bonds is 4. The predicted molar refractivity (Wildman–Crippen MR) is 120 cm³/mol. The maximum atomic E-state index is 13.4. The van der Waals surface area contributed by atoms with Gasteiger partial charge in [-0.15, -0.1) is 0 Å². The van der Waals surface area contributed by atoms with Crippen molar-refractivity contribution in [1.29, 1.82) is 0 Å². The summed E-state index contributed by atoms with van der Waals surface area (Å²) in [6, 6.07) is 9.50. The molecule has 1 aliphatic heterocycles. The van der Waals surface area contributed by atoms with Gasteiger partial charge in [-0.3, -0.25) is 4.79 Å². The number of benzene rings is 2. The summed E-state index contributed by atoms with van der Waals surface area (Å²) in [5, 5.41) is 2.94. The Morgan fingerprint density at radius 2 is 1.59 bits per heavy atom. The number of carbonyl (C=O) groups is 1. The van der Waals surface area contributed by atoms with Gasteiger partial charge >= 0.3 is 0 Å². The molecule has 2 aromatic carbocycles. The van der Waals surface area contributed by atoms with Crippen molar-refractivity contribution in [2.75, 3.05) is 18.4 Å². The van der Waals surface area contributed by atoms with Crippen molar-refractivity contribution < 1.29 is 13.2 Å². The SMILES string of the molecule is Cc1cc(C)c(C)c(S(=O)(=O)N2CCC(C(=O)Nc3ccccc3Br)CC2)c1C. The molecule has 156 valence electrons. The summed E-state index contributed by atoms with van der Waals surface area (Å²) >= 11 is 3.43. The van der Waals surface area contributed by atoms with E-state index in [2.05, 4.69) is 21.2 Å². The average molecular weight is 479 g/mol. The summed E-state index contributed by atoms with van der Waals surface area (Å²) in [6.45, 7) is 8.32. The van der Waals surface area contributed by atoms with Gasteiger partial charge in [-0.2, -0.15) is 4.31 Å². The standard InChI is InChI=1S/C22H27BrN2O3S/c1-14-13-15(2)17(4)21(16(14)3)29(27,28)25-11-9-18(10-12-25)22(26)24-20-8-6-5-7-19(20)23/h5-8,13,18H,9-12H2,1-4H3,(H,24,26). The molecule has 0 aliphatic carbocycles. The highest BCUT2D eigenvalue weighted by molar-refractivity contribution is 9.10. The molecule has 0 saturated carbocycles. The average Bonchev–Trinajstić information content (AvgIpc) is 2.68. The third-order valence-electron chi connectivity index (χ3n) is 5.85. The summed E-state index contributed by atoms with van der Waals surface area (Å²) in [5.41, 5.74) is 4.31. The van der Waals surface area contributed by atoms with Gasteiger partial charge in [-0.05, 0) is 90.9 Å². The van der Waals surface area contributed by atoms with Crippen LogP contribution in [0.25, 0.3) is 0 Å². The Morgan fingerprint density at radius 3 is 2.14 bits per heavy atom. The molecule has 7 heteroatoms. The largest absolute Gasteiger partial charge is 0.325 e. The second-order valence-electron chi connectivity index (χ2n) is 7.74. The number of halogens is 1. The van der Waals surface area contributed by atoms with Gasteiger partial charge < -0.3 is 5.32 Å². The van der Waals surface area contributed by atoms with Gasteiger partial charge in [-0.25, -0.2) is 8.42 Å². The molecule has 1 N–H and O–H groups in total. The highest BCUT2D eigenvalue weighted by atomic mass is 79.9. The maximum absolute atomic E-state index is 13.4. The number of amides is 1. The zero-order valence-corrected chi connectivity index (χ0v) is 19.7. The molecule has 1 fully saturated rings. The molecule has 1 saturated heterocycles. The van der Waals surface area contributed by atoms with Crippen LogP contribution in [0.5, 0.6) is 0 Å². The first kappa shape index (κ1) is 22.0. The first-order chi connectivity index (χ1) is 13.6. The minimum atomic E-state index is -3.59. The second-order valence-corrected chi connectivity index (χ2v) is 10.5. The summed E-state index contributed by atoms with van der Waals surface area (Å²) < 4.78 is 29.1. The Balaban J connectivity index is 1.74. The van der Waals surface area contributed by atoms with Gasteiger partial charge in [-0.1, -0.05) is 18.2 Å². The van der Waals surface area contributed by atoms with Gasteiger partial charge in [0.25, 0.3) is 0 Å². The molecule has 0 unspecified atom stereocenters. The summed E-state index contributed by atoms with van der Waals surface area (Å²) in [6.07, 6.45) is 1.02. The molecule has 1 heterocycles.